The van der Waals surface area contributed by atoms with Gasteiger partial charge in [-0.3, -0.25) is 19.7 Å². The zero-order chi connectivity index (χ0) is 18.0. The highest BCUT2D eigenvalue weighted by molar-refractivity contribution is 9.10. The number of non-ortho nitro benzene ring substituents is 1. The molecule has 0 bridgehead atoms. The lowest BCUT2D eigenvalue weighted by atomic mass is 10.1. The Morgan fingerprint density at radius 2 is 2.00 bits per heavy atom. The third kappa shape index (κ3) is 3.69. The molecule has 0 aromatic heterocycles. The zero-order valence-electron chi connectivity index (χ0n) is 13.0. The largest absolute Gasteiger partial charge is 0.325 e. The van der Waals surface area contributed by atoms with Crippen LogP contribution in [0.3, 0.4) is 0 Å². The van der Waals surface area contributed by atoms with Crippen LogP contribution in [0.25, 0.3) is 0 Å². The van der Waals surface area contributed by atoms with E-state index >= 15 is 0 Å². The highest BCUT2D eigenvalue weighted by atomic mass is 79.9. The summed E-state index contributed by atoms with van der Waals surface area (Å²) < 4.78 is 0.753. The number of nitro groups is 1. The number of halogens is 1. The first-order chi connectivity index (χ1) is 12.0. The predicted molar refractivity (Wildman–Crippen MR) is 96.3 cm³/mol. The van der Waals surface area contributed by atoms with Crippen LogP contribution in [0.4, 0.5) is 17.1 Å². The molecule has 128 valence electrons. The number of carbonyl (C=O) groups is 2. The van der Waals surface area contributed by atoms with E-state index in [1.807, 2.05) is 12.1 Å². The van der Waals surface area contributed by atoms with Crippen LogP contribution in [0.15, 0.2) is 53.0 Å². The third-order valence-electron chi connectivity index (χ3n) is 3.98. The minimum atomic E-state index is -0.515. The number of hydrogen-bond acceptors (Lipinski definition) is 4. The van der Waals surface area contributed by atoms with Crippen molar-refractivity contribution in [2.75, 3.05) is 16.8 Å². The van der Waals surface area contributed by atoms with Crippen LogP contribution >= 0.6 is 15.9 Å². The Labute approximate surface area is 151 Å². The maximum Gasteiger partial charge on any atom is 0.271 e. The molecule has 0 radical (unpaired) electrons. The summed E-state index contributed by atoms with van der Waals surface area (Å²) in [6.45, 7) is 0.191. The first-order valence-electron chi connectivity index (χ1n) is 7.56. The number of anilines is 2. The predicted octanol–water partition coefficient (Wildman–Crippen LogP) is 3.35. The van der Waals surface area contributed by atoms with Gasteiger partial charge < -0.3 is 10.2 Å². The minimum Gasteiger partial charge on any atom is -0.325 e. The SMILES string of the molecule is O=C(Nc1ccccc1Br)[C@H]1CC(=O)N(c2cccc([N+](=O)[O-])c2)C1. The molecule has 1 fully saturated rings. The number of amides is 2. The van der Waals surface area contributed by atoms with Crippen LogP contribution < -0.4 is 10.2 Å². The number of rotatable bonds is 4. The quantitative estimate of drug-likeness (QED) is 0.625. The standard InChI is InChI=1S/C17H14BrN3O4/c18-14-6-1-2-7-15(14)19-17(23)11-8-16(22)20(10-11)12-4-3-5-13(9-12)21(24)25/h1-7,9,11H,8,10H2,(H,19,23)/t11-/m0/s1. The number of carbonyl (C=O) groups excluding carboxylic acids is 2. The van der Waals surface area contributed by atoms with Gasteiger partial charge in [0.25, 0.3) is 5.69 Å². The Balaban J connectivity index is 1.74. The fraction of sp³-hybridized carbons (Fsp3) is 0.176. The van der Waals surface area contributed by atoms with Crippen molar-refractivity contribution < 1.29 is 14.5 Å². The van der Waals surface area contributed by atoms with Crippen LogP contribution in [0.1, 0.15) is 6.42 Å². The fourth-order valence-corrected chi connectivity index (χ4v) is 3.09. The van der Waals surface area contributed by atoms with Gasteiger partial charge >= 0.3 is 0 Å². The molecule has 3 rings (SSSR count). The van der Waals surface area contributed by atoms with Gasteiger partial charge in [-0.25, -0.2) is 0 Å². The van der Waals surface area contributed by atoms with E-state index in [2.05, 4.69) is 21.2 Å². The van der Waals surface area contributed by atoms with E-state index in [0.29, 0.717) is 11.4 Å². The molecular formula is C17H14BrN3O4. The molecule has 8 heteroatoms. The average molecular weight is 404 g/mol. The maximum atomic E-state index is 12.4. The molecule has 2 aromatic carbocycles. The number of nitrogens with one attached hydrogen (secondary N) is 1. The van der Waals surface area contributed by atoms with Gasteiger partial charge in [0.15, 0.2) is 0 Å². The van der Waals surface area contributed by atoms with Crippen molar-refractivity contribution >= 4 is 44.8 Å². The molecule has 0 aliphatic carbocycles. The topological polar surface area (TPSA) is 92.6 Å². The molecule has 1 heterocycles. The number of nitro benzene ring substituents is 1. The Kier molecular flexibility index (Phi) is 4.80. The molecule has 1 aliphatic rings. The van der Waals surface area contributed by atoms with E-state index in [1.54, 1.807) is 18.2 Å². The van der Waals surface area contributed by atoms with Gasteiger partial charge in [0.1, 0.15) is 0 Å². The molecular weight excluding hydrogens is 390 g/mol. The smallest absolute Gasteiger partial charge is 0.271 e. The highest BCUT2D eigenvalue weighted by Gasteiger charge is 2.35. The normalized spacial score (nSPS) is 16.8. The summed E-state index contributed by atoms with van der Waals surface area (Å²) in [5.41, 5.74) is 0.968. The highest BCUT2D eigenvalue weighted by Crippen LogP contribution is 2.29. The summed E-state index contributed by atoms with van der Waals surface area (Å²) in [6.07, 6.45) is 0.0684. The van der Waals surface area contributed by atoms with E-state index in [9.17, 15) is 19.7 Å². The first kappa shape index (κ1) is 17.1. The van der Waals surface area contributed by atoms with Crippen LogP contribution in [0, 0.1) is 16.0 Å². The van der Waals surface area contributed by atoms with E-state index < -0.39 is 10.8 Å². The minimum absolute atomic E-state index is 0.0684. The molecule has 2 amide bonds. The lowest BCUT2D eigenvalue weighted by Gasteiger charge is -2.16. The Morgan fingerprint density at radius 3 is 2.72 bits per heavy atom. The summed E-state index contributed by atoms with van der Waals surface area (Å²) in [5, 5.41) is 13.7. The van der Waals surface area contributed by atoms with Gasteiger partial charge in [-0.2, -0.15) is 0 Å². The molecule has 2 aromatic rings. The van der Waals surface area contributed by atoms with E-state index in [4.69, 9.17) is 0 Å². The summed E-state index contributed by atoms with van der Waals surface area (Å²) in [4.78, 5) is 36.5. The second kappa shape index (κ2) is 7.02. The first-order valence-corrected chi connectivity index (χ1v) is 8.35. The lowest BCUT2D eigenvalue weighted by molar-refractivity contribution is -0.384. The second-order valence-corrected chi connectivity index (χ2v) is 6.51. The second-order valence-electron chi connectivity index (χ2n) is 5.65. The van der Waals surface area contributed by atoms with Gasteiger partial charge in [0.05, 0.1) is 22.2 Å². The van der Waals surface area contributed by atoms with Crippen LogP contribution in [-0.2, 0) is 9.59 Å². The Hall–Kier alpha value is -2.74. The molecule has 7 nitrogen and oxygen atoms in total. The molecule has 1 atom stereocenters. The van der Waals surface area contributed by atoms with E-state index in [-0.39, 0.29) is 30.5 Å². The molecule has 0 unspecified atom stereocenters. The molecule has 1 saturated heterocycles. The summed E-state index contributed by atoms with van der Waals surface area (Å²) >= 11 is 3.36. The van der Waals surface area contributed by atoms with Crippen molar-refractivity contribution in [3.05, 3.63) is 63.1 Å². The van der Waals surface area contributed by atoms with Crippen LogP contribution in [0.2, 0.25) is 0 Å². The lowest BCUT2D eigenvalue weighted by Crippen LogP contribution is -2.28. The summed E-state index contributed by atoms with van der Waals surface area (Å²) in [6, 6.07) is 13.1. The van der Waals surface area contributed by atoms with Crippen molar-refractivity contribution in [1.29, 1.82) is 0 Å². The Morgan fingerprint density at radius 1 is 1.24 bits per heavy atom. The van der Waals surface area contributed by atoms with Crippen LogP contribution in [0.5, 0.6) is 0 Å². The number of para-hydroxylation sites is 1. The van der Waals surface area contributed by atoms with E-state index in [0.717, 1.165) is 4.47 Å². The van der Waals surface area contributed by atoms with E-state index in [1.165, 1.54) is 23.1 Å². The van der Waals surface area contributed by atoms with Gasteiger partial charge in [0.2, 0.25) is 11.8 Å². The fourth-order valence-electron chi connectivity index (χ4n) is 2.70. The van der Waals surface area contributed by atoms with Crippen molar-refractivity contribution in [2.45, 2.75) is 6.42 Å². The summed E-state index contributed by atoms with van der Waals surface area (Å²) in [7, 11) is 0. The van der Waals surface area contributed by atoms with Gasteiger partial charge in [-0.1, -0.05) is 18.2 Å². The summed E-state index contributed by atoms with van der Waals surface area (Å²) in [5.74, 6) is -1.00. The maximum absolute atomic E-state index is 12.4. The van der Waals surface area contributed by atoms with Crippen molar-refractivity contribution in [3.63, 3.8) is 0 Å². The van der Waals surface area contributed by atoms with Gasteiger partial charge in [0, 0.05) is 29.6 Å². The van der Waals surface area contributed by atoms with Crippen molar-refractivity contribution in [1.82, 2.24) is 0 Å². The number of hydrogen-bond donors (Lipinski definition) is 1. The van der Waals surface area contributed by atoms with Gasteiger partial charge in [-0.15, -0.1) is 0 Å². The zero-order valence-corrected chi connectivity index (χ0v) is 14.6. The van der Waals surface area contributed by atoms with Crippen molar-refractivity contribution in [3.8, 4) is 0 Å². The molecule has 0 saturated carbocycles. The van der Waals surface area contributed by atoms with Gasteiger partial charge in [-0.05, 0) is 34.1 Å². The molecule has 1 N–H and O–H groups in total. The molecule has 25 heavy (non-hydrogen) atoms. The van der Waals surface area contributed by atoms with Crippen LogP contribution in [-0.4, -0.2) is 23.3 Å². The molecule has 1 aliphatic heterocycles. The number of benzene rings is 2. The number of nitrogens with zero attached hydrogens (tertiary/aromatic N) is 2. The van der Waals surface area contributed by atoms with Crippen molar-refractivity contribution in [2.24, 2.45) is 5.92 Å². The molecule has 0 spiro atoms. The third-order valence-corrected chi connectivity index (χ3v) is 4.67. The monoisotopic (exact) mass is 403 g/mol. The average Bonchev–Trinajstić information content (AvgIpc) is 2.99. The Bertz CT molecular complexity index is 855.